The van der Waals surface area contributed by atoms with Gasteiger partial charge < -0.3 is 20.6 Å². The fraction of sp³-hybridized carbons (Fsp3) is 0.458. The van der Waals surface area contributed by atoms with Gasteiger partial charge in [-0.05, 0) is 43.1 Å². The van der Waals surface area contributed by atoms with Crippen LogP contribution in [0.4, 0.5) is 17.6 Å². The highest BCUT2D eigenvalue weighted by Gasteiger charge is 2.44. The van der Waals surface area contributed by atoms with E-state index in [9.17, 15) is 27.5 Å². The maximum atomic E-state index is 14.6. The summed E-state index contributed by atoms with van der Waals surface area (Å²) in [5.74, 6) is -4.68. The summed E-state index contributed by atoms with van der Waals surface area (Å²) in [4.78, 5) is 14.4. The Morgan fingerprint density at radius 1 is 1.12 bits per heavy atom. The van der Waals surface area contributed by atoms with Crippen LogP contribution in [0.3, 0.4) is 0 Å². The topological polar surface area (TPSA) is 64.6 Å². The molecule has 2 saturated heterocycles. The lowest BCUT2D eigenvalue weighted by atomic mass is 9.91. The molecule has 2 heterocycles. The van der Waals surface area contributed by atoms with Crippen LogP contribution in [0.2, 0.25) is 0 Å². The third kappa shape index (κ3) is 5.37. The Balaban J connectivity index is 1.45. The fourth-order valence-corrected chi connectivity index (χ4v) is 4.44. The smallest absolute Gasteiger partial charge is 0.254 e. The van der Waals surface area contributed by atoms with Gasteiger partial charge in [0.05, 0.1) is 13.1 Å². The van der Waals surface area contributed by atoms with Crippen molar-refractivity contribution in [3.8, 4) is 0 Å². The van der Waals surface area contributed by atoms with Gasteiger partial charge >= 0.3 is 0 Å². The van der Waals surface area contributed by atoms with Crippen molar-refractivity contribution in [2.45, 2.75) is 37.3 Å². The van der Waals surface area contributed by atoms with Gasteiger partial charge in [0.1, 0.15) is 17.2 Å². The van der Waals surface area contributed by atoms with Gasteiger partial charge in [0.25, 0.3) is 5.91 Å². The van der Waals surface area contributed by atoms with Gasteiger partial charge in [-0.2, -0.15) is 0 Å². The third-order valence-corrected chi connectivity index (χ3v) is 6.33. The maximum Gasteiger partial charge on any atom is 0.254 e. The van der Waals surface area contributed by atoms with Crippen molar-refractivity contribution in [2.24, 2.45) is 0 Å². The normalized spacial score (nSPS) is 20.3. The Bertz CT molecular complexity index is 1020. The summed E-state index contributed by atoms with van der Waals surface area (Å²) in [6.45, 7) is 2.19. The van der Waals surface area contributed by atoms with E-state index in [1.54, 1.807) is 0 Å². The molecule has 0 spiro atoms. The van der Waals surface area contributed by atoms with Crippen LogP contribution in [0.5, 0.6) is 0 Å². The van der Waals surface area contributed by atoms with Crippen molar-refractivity contribution in [1.29, 1.82) is 0 Å². The minimum absolute atomic E-state index is 0.0440. The minimum Gasteiger partial charge on any atom is -0.385 e. The van der Waals surface area contributed by atoms with Gasteiger partial charge in [-0.3, -0.25) is 4.79 Å². The average molecular weight is 465 g/mol. The first-order chi connectivity index (χ1) is 15.8. The number of aliphatic hydroxyl groups is 1. The van der Waals surface area contributed by atoms with E-state index in [1.165, 1.54) is 4.90 Å². The standard InChI is InChI=1S/C24H27F4N3O2/c25-16-5-4-15(21(27)10-16)9-19-18(6-7-20(26)22(19)28)23(32)31-13-24(33,14-31)12-30-17-3-1-2-8-29-11-17/h4-7,10,17,29-30,33H,1-3,8-9,11-14H2. The van der Waals surface area contributed by atoms with E-state index in [0.29, 0.717) is 12.6 Å². The van der Waals surface area contributed by atoms with E-state index in [2.05, 4.69) is 10.6 Å². The summed E-state index contributed by atoms with van der Waals surface area (Å²) in [6, 6.07) is 5.05. The highest BCUT2D eigenvalue weighted by molar-refractivity contribution is 5.96. The number of nitrogens with one attached hydrogen (secondary N) is 2. The molecule has 0 radical (unpaired) electrons. The lowest BCUT2D eigenvalue weighted by molar-refractivity contribution is -0.0798. The van der Waals surface area contributed by atoms with Gasteiger partial charge in [-0.15, -0.1) is 0 Å². The molecule has 2 aromatic carbocycles. The van der Waals surface area contributed by atoms with E-state index < -0.39 is 41.2 Å². The summed E-state index contributed by atoms with van der Waals surface area (Å²) >= 11 is 0. The van der Waals surface area contributed by atoms with Gasteiger partial charge in [0, 0.05) is 42.7 Å². The number of hydrogen-bond acceptors (Lipinski definition) is 4. The molecule has 2 aliphatic heterocycles. The van der Waals surface area contributed by atoms with Gasteiger partial charge in [0.2, 0.25) is 0 Å². The van der Waals surface area contributed by atoms with Crippen LogP contribution in [-0.2, 0) is 6.42 Å². The Kier molecular flexibility index (Phi) is 7.02. The quantitative estimate of drug-likeness (QED) is 0.575. The van der Waals surface area contributed by atoms with Crippen LogP contribution < -0.4 is 10.6 Å². The number of carbonyl (C=O) groups excluding carboxylic acids is 1. The molecule has 1 unspecified atom stereocenters. The second-order valence-electron chi connectivity index (χ2n) is 8.96. The lowest BCUT2D eigenvalue weighted by Crippen LogP contribution is -2.68. The highest BCUT2D eigenvalue weighted by Crippen LogP contribution is 2.28. The van der Waals surface area contributed by atoms with Crippen molar-refractivity contribution >= 4 is 5.91 Å². The largest absolute Gasteiger partial charge is 0.385 e. The van der Waals surface area contributed by atoms with Crippen LogP contribution in [0.1, 0.15) is 40.7 Å². The molecule has 4 rings (SSSR count). The Morgan fingerprint density at radius 3 is 2.67 bits per heavy atom. The summed E-state index contributed by atoms with van der Waals surface area (Å²) in [5, 5.41) is 17.4. The molecule has 1 amide bonds. The van der Waals surface area contributed by atoms with E-state index in [0.717, 1.165) is 56.6 Å². The van der Waals surface area contributed by atoms with Crippen molar-refractivity contribution in [3.05, 3.63) is 70.3 Å². The minimum atomic E-state index is -1.25. The number of nitrogens with zero attached hydrogens (tertiary/aromatic N) is 1. The number of hydrogen-bond donors (Lipinski definition) is 3. The first-order valence-electron chi connectivity index (χ1n) is 11.1. The van der Waals surface area contributed by atoms with Crippen molar-refractivity contribution in [3.63, 3.8) is 0 Å². The molecule has 33 heavy (non-hydrogen) atoms. The number of amides is 1. The molecule has 5 nitrogen and oxygen atoms in total. The first-order valence-corrected chi connectivity index (χ1v) is 11.1. The van der Waals surface area contributed by atoms with E-state index in [-0.39, 0.29) is 35.8 Å². The zero-order valence-corrected chi connectivity index (χ0v) is 18.1. The molecule has 0 aliphatic carbocycles. The molecule has 1 atom stereocenters. The van der Waals surface area contributed by atoms with Crippen molar-refractivity contribution in [2.75, 3.05) is 32.7 Å². The van der Waals surface area contributed by atoms with Crippen LogP contribution in [0.25, 0.3) is 0 Å². The van der Waals surface area contributed by atoms with Crippen molar-refractivity contribution in [1.82, 2.24) is 15.5 Å². The predicted octanol–water partition coefficient (Wildman–Crippen LogP) is 2.75. The second kappa shape index (κ2) is 9.79. The van der Waals surface area contributed by atoms with Crippen LogP contribution in [0.15, 0.2) is 30.3 Å². The second-order valence-corrected chi connectivity index (χ2v) is 8.96. The molecular weight excluding hydrogens is 438 g/mol. The summed E-state index contributed by atoms with van der Waals surface area (Å²) in [5.41, 5.74) is -1.58. The number of β-amino-alcohol motifs (C(OH)–C–C–N with tert-alkyl or cyclic N) is 1. The predicted molar refractivity (Wildman–Crippen MR) is 115 cm³/mol. The van der Waals surface area contributed by atoms with Gasteiger partial charge in [-0.1, -0.05) is 12.5 Å². The molecule has 178 valence electrons. The first kappa shape index (κ1) is 23.7. The van der Waals surface area contributed by atoms with E-state index in [4.69, 9.17) is 0 Å². The number of carbonyl (C=O) groups is 1. The summed E-state index contributed by atoms with van der Waals surface area (Å²) < 4.78 is 55.8. The van der Waals surface area contributed by atoms with Gasteiger partial charge in [0.15, 0.2) is 11.6 Å². The Morgan fingerprint density at radius 2 is 1.91 bits per heavy atom. The van der Waals surface area contributed by atoms with Crippen molar-refractivity contribution < 1.29 is 27.5 Å². The molecule has 0 bridgehead atoms. The number of benzene rings is 2. The molecule has 2 fully saturated rings. The Hall–Kier alpha value is -2.49. The fourth-order valence-electron chi connectivity index (χ4n) is 4.44. The SMILES string of the molecule is O=C(c1ccc(F)c(F)c1Cc1ccc(F)cc1F)N1CC(O)(CNC2CCCCNC2)C1. The molecular formula is C24H27F4N3O2. The van der Waals surface area contributed by atoms with E-state index in [1.807, 2.05) is 0 Å². The Labute approximate surface area is 189 Å². The average Bonchev–Trinajstić information content (AvgIpc) is 3.04. The van der Waals surface area contributed by atoms with E-state index >= 15 is 0 Å². The highest BCUT2D eigenvalue weighted by atomic mass is 19.2. The number of halogens is 4. The zero-order valence-electron chi connectivity index (χ0n) is 18.1. The molecule has 3 N–H and O–H groups in total. The summed E-state index contributed by atoms with van der Waals surface area (Å²) in [7, 11) is 0. The van der Waals surface area contributed by atoms with Crippen LogP contribution >= 0.6 is 0 Å². The van der Waals surface area contributed by atoms with Crippen LogP contribution in [-0.4, -0.2) is 60.3 Å². The molecule has 2 aromatic rings. The number of likely N-dealkylation sites (tertiary alicyclic amines) is 1. The molecule has 0 aromatic heterocycles. The molecule has 0 saturated carbocycles. The number of rotatable bonds is 6. The summed E-state index contributed by atoms with van der Waals surface area (Å²) in [6.07, 6.45) is 2.80. The molecule has 9 heteroatoms. The molecule has 2 aliphatic rings. The maximum absolute atomic E-state index is 14.6. The van der Waals surface area contributed by atoms with Gasteiger partial charge in [-0.25, -0.2) is 17.6 Å². The van der Waals surface area contributed by atoms with Crippen LogP contribution in [0, 0.1) is 23.3 Å². The zero-order chi connectivity index (χ0) is 23.6. The lowest BCUT2D eigenvalue weighted by Gasteiger charge is -2.47. The third-order valence-electron chi connectivity index (χ3n) is 6.33. The monoisotopic (exact) mass is 465 g/mol.